The Balaban J connectivity index is 2.20. The number of nitrogens with zero attached hydrogens (tertiary/aromatic N) is 1. The highest BCUT2D eigenvalue weighted by Gasteiger charge is 2.23. The lowest BCUT2D eigenvalue weighted by molar-refractivity contribution is -0.135. The molecule has 1 amide bonds. The number of carboxylic acids is 1. The first kappa shape index (κ1) is 22.0. The third-order valence-electron chi connectivity index (χ3n) is 4.96. The van der Waals surface area contributed by atoms with Gasteiger partial charge in [0.15, 0.2) is 0 Å². The molecule has 0 saturated carbocycles. The van der Waals surface area contributed by atoms with Gasteiger partial charge in [0.2, 0.25) is 0 Å². The molecule has 2 aromatic carbocycles. The predicted molar refractivity (Wildman–Crippen MR) is 114 cm³/mol. The van der Waals surface area contributed by atoms with Gasteiger partial charge in [-0.2, -0.15) is 0 Å². The smallest absolute Gasteiger partial charge is 0.322 e. The van der Waals surface area contributed by atoms with Crippen molar-refractivity contribution in [1.29, 1.82) is 0 Å². The second-order valence-electron chi connectivity index (χ2n) is 8.30. The third kappa shape index (κ3) is 4.58. The maximum absolute atomic E-state index is 13.9. The van der Waals surface area contributed by atoms with E-state index in [1.165, 1.54) is 10.6 Å². The van der Waals surface area contributed by atoms with E-state index in [0.29, 0.717) is 0 Å². The Morgan fingerprint density at radius 3 is 2.48 bits per heavy atom. The number of aliphatic carboxylic acids is 1. The van der Waals surface area contributed by atoms with Gasteiger partial charge in [-0.05, 0) is 34.7 Å². The SMILES string of the molecule is CC(C)(C)c1cccc(Cn2c(=O)c(C(=O)NCC(=O)O)c(O)c3cc(F)ccc32)c1. The minimum Gasteiger partial charge on any atom is -0.506 e. The summed E-state index contributed by atoms with van der Waals surface area (Å²) in [5, 5.41) is 21.4. The Hall–Kier alpha value is -3.68. The molecule has 0 aliphatic rings. The lowest BCUT2D eigenvalue weighted by atomic mass is 9.86. The molecule has 0 spiro atoms. The van der Waals surface area contributed by atoms with Gasteiger partial charge in [-0.25, -0.2) is 4.39 Å². The molecule has 0 aliphatic carbocycles. The maximum Gasteiger partial charge on any atom is 0.322 e. The number of carboxylic acid groups (broad SMARTS) is 1. The van der Waals surface area contributed by atoms with E-state index in [4.69, 9.17) is 5.11 Å². The molecule has 0 bridgehead atoms. The van der Waals surface area contributed by atoms with E-state index >= 15 is 0 Å². The molecule has 1 heterocycles. The number of aromatic nitrogens is 1. The van der Waals surface area contributed by atoms with Crippen LogP contribution in [0.1, 0.15) is 42.3 Å². The largest absolute Gasteiger partial charge is 0.506 e. The summed E-state index contributed by atoms with van der Waals surface area (Å²) < 4.78 is 15.1. The molecule has 1 aromatic heterocycles. The number of hydrogen-bond donors (Lipinski definition) is 3. The van der Waals surface area contributed by atoms with Crippen LogP contribution in [0.3, 0.4) is 0 Å². The first-order valence-corrected chi connectivity index (χ1v) is 9.63. The van der Waals surface area contributed by atoms with Crippen LogP contribution in [0.4, 0.5) is 4.39 Å². The van der Waals surface area contributed by atoms with E-state index in [1.54, 1.807) is 0 Å². The molecule has 3 aromatic rings. The van der Waals surface area contributed by atoms with Crippen LogP contribution in [-0.2, 0) is 16.8 Å². The molecule has 3 rings (SSSR count). The lowest BCUT2D eigenvalue weighted by Crippen LogP contribution is -2.36. The van der Waals surface area contributed by atoms with Crippen molar-refractivity contribution in [3.05, 3.63) is 75.3 Å². The molecule has 3 N–H and O–H groups in total. The number of halogens is 1. The average Bonchev–Trinajstić information content (AvgIpc) is 2.69. The van der Waals surface area contributed by atoms with E-state index in [9.17, 15) is 23.9 Å². The van der Waals surface area contributed by atoms with Gasteiger partial charge in [0.25, 0.3) is 11.5 Å². The Labute approximate surface area is 177 Å². The van der Waals surface area contributed by atoms with Crippen molar-refractivity contribution >= 4 is 22.8 Å². The number of aromatic hydroxyl groups is 1. The summed E-state index contributed by atoms with van der Waals surface area (Å²) in [6, 6.07) is 11.2. The monoisotopic (exact) mass is 426 g/mol. The maximum atomic E-state index is 13.9. The molecule has 0 atom stereocenters. The quantitative estimate of drug-likeness (QED) is 0.581. The first-order valence-electron chi connectivity index (χ1n) is 9.63. The summed E-state index contributed by atoms with van der Waals surface area (Å²) in [6.07, 6.45) is 0. The number of carbonyl (C=O) groups is 2. The number of rotatable bonds is 5. The molecule has 8 heteroatoms. The van der Waals surface area contributed by atoms with E-state index in [1.807, 2.05) is 24.3 Å². The van der Waals surface area contributed by atoms with Crippen molar-refractivity contribution in [1.82, 2.24) is 9.88 Å². The van der Waals surface area contributed by atoms with E-state index < -0.39 is 41.1 Å². The van der Waals surface area contributed by atoms with Crippen molar-refractivity contribution in [2.24, 2.45) is 0 Å². The van der Waals surface area contributed by atoms with E-state index in [-0.39, 0.29) is 22.9 Å². The fraction of sp³-hybridized carbons (Fsp3) is 0.261. The van der Waals surface area contributed by atoms with Crippen LogP contribution in [0, 0.1) is 5.82 Å². The van der Waals surface area contributed by atoms with Gasteiger partial charge in [0.05, 0.1) is 12.1 Å². The molecule has 0 radical (unpaired) electrons. The normalized spacial score (nSPS) is 11.5. The Bertz CT molecular complexity index is 1240. The molecule has 162 valence electrons. The average molecular weight is 426 g/mol. The van der Waals surface area contributed by atoms with Gasteiger partial charge < -0.3 is 20.1 Å². The van der Waals surface area contributed by atoms with Crippen LogP contribution < -0.4 is 10.9 Å². The zero-order valence-corrected chi connectivity index (χ0v) is 17.4. The summed E-state index contributed by atoms with van der Waals surface area (Å²) >= 11 is 0. The van der Waals surface area contributed by atoms with Gasteiger partial charge in [-0.15, -0.1) is 0 Å². The zero-order chi connectivity index (χ0) is 22.9. The number of benzene rings is 2. The summed E-state index contributed by atoms with van der Waals surface area (Å²) in [4.78, 5) is 36.4. The molecule has 31 heavy (non-hydrogen) atoms. The van der Waals surface area contributed by atoms with E-state index in [2.05, 4.69) is 26.1 Å². The first-order chi connectivity index (χ1) is 14.5. The summed E-state index contributed by atoms with van der Waals surface area (Å²) in [7, 11) is 0. The van der Waals surface area contributed by atoms with E-state index in [0.717, 1.165) is 23.3 Å². The minimum absolute atomic E-state index is 0.0212. The van der Waals surface area contributed by atoms with Crippen LogP contribution in [0.5, 0.6) is 5.75 Å². The molecule has 0 saturated heterocycles. The standard InChI is InChI=1S/C23H23FN2O5/c1-23(2,3)14-6-4-5-13(9-14)12-26-17-8-7-15(24)10-16(17)20(29)19(22(26)31)21(30)25-11-18(27)28/h4-10,29H,11-12H2,1-3H3,(H,25,30)(H,27,28). The van der Waals surface area contributed by atoms with Crippen LogP contribution in [0.2, 0.25) is 0 Å². The molecule has 7 nitrogen and oxygen atoms in total. The second-order valence-corrected chi connectivity index (χ2v) is 8.30. The lowest BCUT2D eigenvalue weighted by Gasteiger charge is -2.20. The fourth-order valence-corrected chi connectivity index (χ4v) is 3.34. The topological polar surface area (TPSA) is 109 Å². The Kier molecular flexibility index (Phi) is 5.83. The van der Waals surface area contributed by atoms with Gasteiger partial charge in [-0.1, -0.05) is 45.0 Å². The predicted octanol–water partition coefficient (Wildman–Crippen LogP) is 3.01. The van der Waals surface area contributed by atoms with Crippen molar-refractivity contribution in [2.45, 2.75) is 32.7 Å². The van der Waals surface area contributed by atoms with Gasteiger partial charge in [0.1, 0.15) is 23.7 Å². The highest BCUT2D eigenvalue weighted by molar-refractivity contribution is 6.03. The van der Waals surface area contributed by atoms with Crippen molar-refractivity contribution < 1.29 is 24.2 Å². The molecular weight excluding hydrogens is 403 g/mol. The zero-order valence-electron chi connectivity index (χ0n) is 17.4. The molecule has 0 unspecified atom stereocenters. The van der Waals surface area contributed by atoms with Crippen molar-refractivity contribution in [3.63, 3.8) is 0 Å². The van der Waals surface area contributed by atoms with Gasteiger partial charge in [0, 0.05) is 5.39 Å². The number of pyridine rings is 1. The van der Waals surface area contributed by atoms with Gasteiger partial charge in [-0.3, -0.25) is 14.4 Å². The second kappa shape index (κ2) is 8.22. The van der Waals surface area contributed by atoms with Crippen molar-refractivity contribution in [2.75, 3.05) is 6.54 Å². The van der Waals surface area contributed by atoms with Crippen molar-refractivity contribution in [3.8, 4) is 5.75 Å². The van der Waals surface area contributed by atoms with Crippen LogP contribution in [0.15, 0.2) is 47.3 Å². The molecular formula is C23H23FN2O5. The minimum atomic E-state index is -1.31. The summed E-state index contributed by atoms with van der Waals surface area (Å²) in [5.41, 5.74) is 0.518. The highest BCUT2D eigenvalue weighted by Crippen LogP contribution is 2.28. The number of hydrogen-bond acceptors (Lipinski definition) is 4. The number of amides is 1. The Morgan fingerprint density at radius 2 is 1.84 bits per heavy atom. The summed E-state index contributed by atoms with van der Waals surface area (Å²) in [5.74, 6) is -3.70. The van der Waals surface area contributed by atoms with Crippen LogP contribution >= 0.6 is 0 Å². The molecule has 0 fully saturated rings. The number of nitrogens with one attached hydrogen (secondary N) is 1. The van der Waals surface area contributed by atoms with Crippen LogP contribution in [-0.4, -0.2) is 33.2 Å². The Morgan fingerprint density at radius 1 is 1.13 bits per heavy atom. The van der Waals surface area contributed by atoms with Gasteiger partial charge >= 0.3 is 5.97 Å². The number of fused-ring (bicyclic) bond motifs is 1. The fourth-order valence-electron chi connectivity index (χ4n) is 3.34. The highest BCUT2D eigenvalue weighted by atomic mass is 19.1. The third-order valence-corrected chi connectivity index (χ3v) is 4.96. The number of carbonyl (C=O) groups excluding carboxylic acids is 1. The van der Waals surface area contributed by atoms with Crippen LogP contribution in [0.25, 0.3) is 10.9 Å². The summed E-state index contributed by atoms with van der Waals surface area (Å²) in [6.45, 7) is 5.52. The molecule has 0 aliphatic heterocycles.